The molecule has 0 radical (unpaired) electrons. The summed E-state index contributed by atoms with van der Waals surface area (Å²) >= 11 is 8.55. The van der Waals surface area contributed by atoms with Crippen molar-refractivity contribution in [3.8, 4) is 0 Å². The van der Waals surface area contributed by atoms with Crippen molar-refractivity contribution in [1.29, 1.82) is 0 Å². The average molecular weight is 367 g/mol. The van der Waals surface area contributed by atoms with Gasteiger partial charge in [0.25, 0.3) is 0 Å². The molecule has 0 unspecified atom stereocenters. The van der Waals surface area contributed by atoms with Gasteiger partial charge in [-0.25, -0.2) is 9.97 Å². The van der Waals surface area contributed by atoms with Crippen LogP contribution in [0, 0.1) is 6.92 Å². The molecule has 0 spiro atoms. The monoisotopic (exact) mass is 365 g/mol. The van der Waals surface area contributed by atoms with Gasteiger partial charge in [0.15, 0.2) is 0 Å². The number of nitrogens with zero attached hydrogens (tertiary/aromatic N) is 2. The largest absolute Gasteiger partial charge is 0.417 e. The Hall–Kier alpha value is -1.34. The summed E-state index contributed by atoms with van der Waals surface area (Å²) in [5, 5.41) is 2.82. The van der Waals surface area contributed by atoms with Crippen LogP contribution >= 0.6 is 27.5 Å². The normalized spacial score (nSPS) is 11.5. The molecule has 1 aromatic carbocycles. The molecule has 0 aliphatic rings. The van der Waals surface area contributed by atoms with Crippen LogP contribution in [-0.2, 0) is 6.18 Å². The number of halogens is 5. The van der Waals surface area contributed by atoms with Gasteiger partial charge in [-0.2, -0.15) is 13.2 Å². The first-order valence-corrected chi connectivity index (χ1v) is 6.57. The Kier molecular flexibility index (Phi) is 4.19. The Labute approximate surface area is 126 Å². The van der Waals surface area contributed by atoms with Gasteiger partial charge in [0.05, 0.1) is 5.56 Å². The van der Waals surface area contributed by atoms with Crippen LogP contribution in [-0.4, -0.2) is 9.97 Å². The lowest BCUT2D eigenvalue weighted by Crippen LogP contribution is -2.07. The molecular formula is C12H8BrClF3N3. The number of nitrogens with one attached hydrogen (secondary N) is 1. The van der Waals surface area contributed by atoms with Gasteiger partial charge < -0.3 is 5.32 Å². The Morgan fingerprint density at radius 2 is 2.00 bits per heavy atom. The van der Waals surface area contributed by atoms with Crippen molar-refractivity contribution >= 4 is 39.0 Å². The van der Waals surface area contributed by atoms with Crippen molar-refractivity contribution in [2.45, 2.75) is 13.1 Å². The van der Waals surface area contributed by atoms with E-state index < -0.39 is 11.7 Å². The standard InChI is InChI=1S/C12H8BrClF3N3/c1-6-5-18-11(14)20-10(6)19-7-2-3-9(13)8(4-7)12(15,16)17/h2-5H,1H3,(H,18,19,20). The van der Waals surface area contributed by atoms with Gasteiger partial charge in [0.2, 0.25) is 5.28 Å². The highest BCUT2D eigenvalue weighted by Crippen LogP contribution is 2.36. The highest BCUT2D eigenvalue weighted by Gasteiger charge is 2.33. The molecule has 2 rings (SSSR count). The number of benzene rings is 1. The summed E-state index contributed by atoms with van der Waals surface area (Å²) in [5.41, 5.74) is 0.171. The molecule has 0 amide bonds. The molecule has 0 atom stereocenters. The highest BCUT2D eigenvalue weighted by molar-refractivity contribution is 9.10. The minimum Gasteiger partial charge on any atom is -0.340 e. The summed E-state index contributed by atoms with van der Waals surface area (Å²) in [6, 6.07) is 3.83. The van der Waals surface area contributed by atoms with E-state index in [0.717, 1.165) is 6.07 Å². The fraction of sp³-hybridized carbons (Fsp3) is 0.167. The molecule has 1 N–H and O–H groups in total. The molecule has 0 aliphatic heterocycles. The van der Waals surface area contributed by atoms with Crippen molar-refractivity contribution in [3.63, 3.8) is 0 Å². The molecule has 0 aliphatic carbocycles. The highest BCUT2D eigenvalue weighted by atomic mass is 79.9. The van der Waals surface area contributed by atoms with E-state index in [1.54, 1.807) is 6.92 Å². The van der Waals surface area contributed by atoms with Crippen molar-refractivity contribution < 1.29 is 13.2 Å². The fourth-order valence-electron chi connectivity index (χ4n) is 1.50. The van der Waals surface area contributed by atoms with Crippen molar-refractivity contribution in [2.75, 3.05) is 5.32 Å². The van der Waals surface area contributed by atoms with Crippen molar-refractivity contribution in [2.24, 2.45) is 0 Å². The van der Waals surface area contributed by atoms with Crippen LogP contribution < -0.4 is 5.32 Å². The van der Waals surface area contributed by atoms with Crippen molar-refractivity contribution in [1.82, 2.24) is 9.97 Å². The van der Waals surface area contributed by atoms with Crippen LogP contribution in [0.5, 0.6) is 0 Å². The number of aromatic nitrogens is 2. The number of hydrogen-bond acceptors (Lipinski definition) is 3. The number of aryl methyl sites for hydroxylation is 1. The van der Waals surface area contributed by atoms with Gasteiger partial charge in [-0.1, -0.05) is 15.9 Å². The van der Waals surface area contributed by atoms with Crippen LogP contribution in [0.15, 0.2) is 28.9 Å². The second kappa shape index (κ2) is 5.57. The molecule has 0 saturated heterocycles. The third kappa shape index (κ3) is 3.40. The summed E-state index contributed by atoms with van der Waals surface area (Å²) in [6.07, 6.45) is -2.95. The summed E-state index contributed by atoms with van der Waals surface area (Å²) in [6.45, 7) is 1.72. The average Bonchev–Trinajstić information content (AvgIpc) is 2.35. The molecule has 106 valence electrons. The molecule has 0 fully saturated rings. The Morgan fingerprint density at radius 1 is 1.30 bits per heavy atom. The van der Waals surface area contributed by atoms with Gasteiger partial charge in [-0.15, -0.1) is 0 Å². The molecule has 8 heteroatoms. The van der Waals surface area contributed by atoms with E-state index in [1.807, 2.05) is 0 Å². The lowest BCUT2D eigenvalue weighted by molar-refractivity contribution is -0.138. The smallest absolute Gasteiger partial charge is 0.340 e. The molecule has 20 heavy (non-hydrogen) atoms. The lowest BCUT2D eigenvalue weighted by atomic mass is 10.2. The molecule has 0 bridgehead atoms. The SMILES string of the molecule is Cc1cnc(Cl)nc1Nc1ccc(Br)c(C(F)(F)F)c1. The van der Waals surface area contributed by atoms with Gasteiger partial charge in [0.1, 0.15) is 5.82 Å². The van der Waals surface area contributed by atoms with Gasteiger partial charge >= 0.3 is 6.18 Å². The van der Waals surface area contributed by atoms with Crippen LogP contribution in [0.2, 0.25) is 5.28 Å². The minimum atomic E-state index is -4.44. The van der Waals surface area contributed by atoms with Gasteiger partial charge in [-0.3, -0.25) is 0 Å². The predicted octanol–water partition coefficient (Wildman–Crippen LogP) is 4.96. The zero-order valence-corrected chi connectivity index (χ0v) is 12.4. The van der Waals surface area contributed by atoms with E-state index in [0.29, 0.717) is 11.4 Å². The van der Waals surface area contributed by atoms with E-state index in [9.17, 15) is 13.2 Å². The predicted molar refractivity (Wildman–Crippen MR) is 74.2 cm³/mol. The number of hydrogen-bond donors (Lipinski definition) is 1. The molecule has 1 aromatic heterocycles. The van der Waals surface area contributed by atoms with E-state index in [-0.39, 0.29) is 15.4 Å². The Balaban J connectivity index is 2.37. The summed E-state index contributed by atoms with van der Waals surface area (Å²) < 4.78 is 38.4. The Bertz CT molecular complexity index is 646. The lowest BCUT2D eigenvalue weighted by Gasteiger charge is -2.13. The second-order valence-corrected chi connectivity index (χ2v) is 5.18. The molecular weight excluding hydrogens is 359 g/mol. The summed E-state index contributed by atoms with van der Waals surface area (Å²) in [7, 11) is 0. The topological polar surface area (TPSA) is 37.8 Å². The fourth-order valence-corrected chi connectivity index (χ4v) is 2.11. The number of rotatable bonds is 2. The van der Waals surface area contributed by atoms with Crippen LogP contribution in [0.4, 0.5) is 24.7 Å². The maximum Gasteiger partial charge on any atom is 0.417 e. The number of alkyl halides is 3. The zero-order valence-electron chi connectivity index (χ0n) is 10.1. The van der Waals surface area contributed by atoms with E-state index in [2.05, 4.69) is 31.2 Å². The molecule has 0 saturated carbocycles. The first-order chi connectivity index (χ1) is 9.27. The second-order valence-electron chi connectivity index (χ2n) is 3.99. The van der Waals surface area contributed by atoms with Gasteiger partial charge in [0, 0.05) is 21.9 Å². The van der Waals surface area contributed by atoms with Crippen LogP contribution in [0.3, 0.4) is 0 Å². The summed E-state index contributed by atoms with van der Waals surface area (Å²) in [4.78, 5) is 7.71. The van der Waals surface area contributed by atoms with Gasteiger partial charge in [-0.05, 0) is 36.7 Å². The summed E-state index contributed by atoms with van der Waals surface area (Å²) in [5.74, 6) is 0.362. The Morgan fingerprint density at radius 3 is 2.65 bits per heavy atom. The first kappa shape index (κ1) is 15.1. The maximum absolute atomic E-state index is 12.8. The third-order valence-electron chi connectivity index (χ3n) is 2.48. The maximum atomic E-state index is 12.8. The van der Waals surface area contributed by atoms with E-state index in [4.69, 9.17) is 11.6 Å². The molecule has 2 aromatic rings. The minimum absolute atomic E-state index is 0.0197. The van der Waals surface area contributed by atoms with Crippen molar-refractivity contribution in [3.05, 3.63) is 45.3 Å². The van der Waals surface area contributed by atoms with E-state index in [1.165, 1.54) is 18.3 Å². The van der Waals surface area contributed by atoms with Crippen LogP contribution in [0.25, 0.3) is 0 Å². The molecule has 1 heterocycles. The quantitative estimate of drug-likeness (QED) is 0.763. The first-order valence-electron chi connectivity index (χ1n) is 5.40. The van der Waals surface area contributed by atoms with E-state index >= 15 is 0 Å². The third-order valence-corrected chi connectivity index (χ3v) is 3.35. The molecule has 3 nitrogen and oxygen atoms in total. The zero-order chi connectivity index (χ0) is 14.9. The number of anilines is 2. The van der Waals surface area contributed by atoms with Crippen LogP contribution in [0.1, 0.15) is 11.1 Å².